The van der Waals surface area contributed by atoms with Gasteiger partial charge in [0.15, 0.2) is 17.3 Å². The van der Waals surface area contributed by atoms with E-state index in [1.54, 1.807) is 11.3 Å². The molecule has 0 aliphatic rings. The monoisotopic (exact) mass is 251 g/mol. The molecular formula is C12H17N3OS. The second kappa shape index (κ2) is 5.31. The molecule has 0 fully saturated rings. The number of hydrogen-bond donors (Lipinski definition) is 1. The number of nitrogens with one attached hydrogen (secondary N) is 1. The maximum Gasteiger partial charge on any atom is 0.183 e. The van der Waals surface area contributed by atoms with Crippen LogP contribution in [0.15, 0.2) is 16.2 Å². The molecule has 2 heterocycles. The summed E-state index contributed by atoms with van der Waals surface area (Å²) in [7, 11) is 0. The molecule has 0 aromatic carbocycles. The van der Waals surface area contributed by atoms with Crippen molar-refractivity contribution < 1.29 is 4.42 Å². The molecular weight excluding hydrogens is 234 g/mol. The highest BCUT2D eigenvalue weighted by Gasteiger charge is 2.12. The molecule has 1 N–H and O–H groups in total. The van der Waals surface area contributed by atoms with Gasteiger partial charge in [0.25, 0.3) is 0 Å². The Balaban J connectivity index is 2.14. The largest absolute Gasteiger partial charge is 0.442 e. The van der Waals surface area contributed by atoms with Gasteiger partial charge in [0.05, 0.1) is 5.69 Å². The summed E-state index contributed by atoms with van der Waals surface area (Å²) < 4.78 is 5.33. The fourth-order valence-electron chi connectivity index (χ4n) is 1.66. The van der Waals surface area contributed by atoms with Gasteiger partial charge in [0.2, 0.25) is 0 Å². The van der Waals surface area contributed by atoms with Crippen LogP contribution in [0.1, 0.15) is 32.4 Å². The van der Waals surface area contributed by atoms with Crippen LogP contribution in [0.4, 0.5) is 5.13 Å². The van der Waals surface area contributed by atoms with Crippen molar-refractivity contribution in [2.75, 3.05) is 5.32 Å². The van der Waals surface area contributed by atoms with Crippen molar-refractivity contribution in [2.24, 2.45) is 0 Å². The lowest BCUT2D eigenvalue weighted by atomic mass is 10.2. The van der Waals surface area contributed by atoms with Crippen molar-refractivity contribution >= 4 is 16.5 Å². The van der Waals surface area contributed by atoms with Crippen LogP contribution in [-0.4, -0.2) is 16.0 Å². The van der Waals surface area contributed by atoms with Gasteiger partial charge < -0.3 is 9.73 Å². The first-order valence-electron chi connectivity index (χ1n) is 5.87. The molecule has 2 rings (SSSR count). The first-order chi connectivity index (χ1) is 8.24. The molecule has 0 radical (unpaired) electrons. The third kappa shape index (κ3) is 2.66. The van der Waals surface area contributed by atoms with Gasteiger partial charge in [0.1, 0.15) is 5.69 Å². The van der Waals surface area contributed by atoms with Crippen LogP contribution >= 0.6 is 11.3 Å². The third-order valence-corrected chi connectivity index (χ3v) is 3.57. The second-order valence-electron chi connectivity index (χ2n) is 3.96. The smallest absolute Gasteiger partial charge is 0.183 e. The first-order valence-corrected chi connectivity index (χ1v) is 6.75. The molecule has 0 atom stereocenters. The van der Waals surface area contributed by atoms with Gasteiger partial charge in [-0.15, -0.1) is 11.3 Å². The zero-order valence-corrected chi connectivity index (χ0v) is 11.2. The average molecular weight is 251 g/mol. The summed E-state index contributed by atoms with van der Waals surface area (Å²) in [5, 5.41) is 6.37. The highest BCUT2D eigenvalue weighted by Crippen LogP contribution is 2.27. The summed E-state index contributed by atoms with van der Waals surface area (Å²) in [6.45, 7) is 6.28. The number of aryl methyl sites for hydroxylation is 1. The molecule has 0 aliphatic heterocycles. The molecule has 0 amide bonds. The summed E-state index contributed by atoms with van der Waals surface area (Å²) in [4.78, 5) is 8.60. The molecule has 0 spiro atoms. The minimum Gasteiger partial charge on any atom is -0.442 e. The predicted octanol–water partition coefficient (Wildman–Crippen LogP) is 3.71. The van der Waals surface area contributed by atoms with E-state index in [0.29, 0.717) is 6.04 Å². The zero-order valence-electron chi connectivity index (χ0n) is 10.4. The van der Waals surface area contributed by atoms with E-state index in [2.05, 4.69) is 29.1 Å². The Hall–Kier alpha value is -1.36. The van der Waals surface area contributed by atoms with Crippen LogP contribution < -0.4 is 5.32 Å². The van der Waals surface area contributed by atoms with Crippen molar-refractivity contribution in [3.05, 3.63) is 17.5 Å². The summed E-state index contributed by atoms with van der Waals surface area (Å²) in [5.74, 6) is 0.763. The SMILES string of the molecule is CCC(CC)Nc1nc(-c2ocnc2C)cs1. The first kappa shape index (κ1) is 12.1. The molecule has 92 valence electrons. The Labute approximate surface area is 105 Å². The van der Waals surface area contributed by atoms with Gasteiger partial charge >= 0.3 is 0 Å². The molecule has 0 bridgehead atoms. The minimum atomic E-state index is 0.491. The Morgan fingerprint density at radius 2 is 2.18 bits per heavy atom. The third-order valence-electron chi connectivity index (χ3n) is 2.80. The number of hydrogen-bond acceptors (Lipinski definition) is 5. The summed E-state index contributed by atoms with van der Waals surface area (Å²) in [6.07, 6.45) is 3.66. The Kier molecular flexibility index (Phi) is 3.78. The fraction of sp³-hybridized carbons (Fsp3) is 0.500. The summed E-state index contributed by atoms with van der Waals surface area (Å²) >= 11 is 1.61. The number of anilines is 1. The Morgan fingerprint density at radius 3 is 2.76 bits per heavy atom. The van der Waals surface area contributed by atoms with E-state index >= 15 is 0 Å². The molecule has 2 aromatic heterocycles. The van der Waals surface area contributed by atoms with E-state index in [0.717, 1.165) is 35.1 Å². The lowest BCUT2D eigenvalue weighted by Gasteiger charge is -2.12. The van der Waals surface area contributed by atoms with Gasteiger partial charge in [0, 0.05) is 11.4 Å². The van der Waals surface area contributed by atoms with Crippen LogP contribution in [0.5, 0.6) is 0 Å². The van der Waals surface area contributed by atoms with Crippen LogP contribution in [-0.2, 0) is 0 Å². The minimum absolute atomic E-state index is 0.491. The molecule has 0 saturated carbocycles. The number of nitrogens with zero attached hydrogens (tertiary/aromatic N) is 2. The quantitative estimate of drug-likeness (QED) is 0.880. The average Bonchev–Trinajstić information content (AvgIpc) is 2.94. The highest BCUT2D eigenvalue weighted by molar-refractivity contribution is 7.14. The van der Waals surface area contributed by atoms with Crippen LogP contribution in [0.25, 0.3) is 11.5 Å². The highest BCUT2D eigenvalue weighted by atomic mass is 32.1. The molecule has 5 heteroatoms. The van der Waals surface area contributed by atoms with Crippen molar-refractivity contribution in [3.8, 4) is 11.5 Å². The van der Waals surface area contributed by atoms with Crippen molar-refractivity contribution in [1.29, 1.82) is 0 Å². The Bertz CT molecular complexity index is 474. The van der Waals surface area contributed by atoms with Crippen molar-refractivity contribution in [1.82, 2.24) is 9.97 Å². The van der Waals surface area contributed by atoms with E-state index in [1.807, 2.05) is 12.3 Å². The normalized spacial score (nSPS) is 11.1. The van der Waals surface area contributed by atoms with E-state index in [4.69, 9.17) is 4.42 Å². The Morgan fingerprint density at radius 1 is 1.41 bits per heavy atom. The standard InChI is InChI=1S/C12H17N3OS/c1-4-9(5-2)14-12-15-10(6-17-12)11-8(3)13-7-16-11/h6-7,9H,4-5H2,1-3H3,(H,14,15). The number of aromatic nitrogens is 2. The molecule has 0 saturated heterocycles. The topological polar surface area (TPSA) is 51.0 Å². The molecule has 0 aliphatic carbocycles. The molecule has 4 nitrogen and oxygen atoms in total. The summed E-state index contributed by atoms with van der Waals surface area (Å²) in [5.41, 5.74) is 1.74. The van der Waals surface area contributed by atoms with E-state index in [1.165, 1.54) is 6.39 Å². The van der Waals surface area contributed by atoms with E-state index in [9.17, 15) is 0 Å². The van der Waals surface area contributed by atoms with Gasteiger partial charge in [-0.3, -0.25) is 0 Å². The lowest BCUT2D eigenvalue weighted by Crippen LogP contribution is -2.16. The van der Waals surface area contributed by atoms with Crippen LogP contribution in [0, 0.1) is 6.92 Å². The van der Waals surface area contributed by atoms with Crippen molar-refractivity contribution in [3.63, 3.8) is 0 Å². The van der Waals surface area contributed by atoms with Gasteiger partial charge in [-0.05, 0) is 19.8 Å². The molecule has 2 aromatic rings. The second-order valence-corrected chi connectivity index (χ2v) is 4.82. The summed E-state index contributed by atoms with van der Waals surface area (Å²) in [6, 6.07) is 0.491. The van der Waals surface area contributed by atoms with Gasteiger partial charge in [-0.25, -0.2) is 9.97 Å². The van der Waals surface area contributed by atoms with Crippen LogP contribution in [0.2, 0.25) is 0 Å². The number of oxazole rings is 1. The van der Waals surface area contributed by atoms with Gasteiger partial charge in [-0.1, -0.05) is 13.8 Å². The number of rotatable bonds is 5. The predicted molar refractivity (Wildman–Crippen MR) is 70.3 cm³/mol. The molecule has 17 heavy (non-hydrogen) atoms. The van der Waals surface area contributed by atoms with Crippen LogP contribution in [0.3, 0.4) is 0 Å². The van der Waals surface area contributed by atoms with E-state index in [-0.39, 0.29) is 0 Å². The lowest BCUT2D eigenvalue weighted by molar-refractivity contribution is 0.569. The molecule has 0 unspecified atom stereocenters. The maximum absolute atomic E-state index is 5.33. The van der Waals surface area contributed by atoms with E-state index < -0.39 is 0 Å². The van der Waals surface area contributed by atoms with Crippen molar-refractivity contribution in [2.45, 2.75) is 39.7 Å². The maximum atomic E-state index is 5.33. The fourth-order valence-corrected chi connectivity index (χ4v) is 2.43. The zero-order chi connectivity index (χ0) is 12.3. The van der Waals surface area contributed by atoms with Gasteiger partial charge in [-0.2, -0.15) is 0 Å². The number of thiazole rings is 1.